The van der Waals surface area contributed by atoms with Crippen LogP contribution in [0.5, 0.6) is 0 Å². The third kappa shape index (κ3) is 2.17. The highest BCUT2D eigenvalue weighted by atomic mass is 32.1. The molecule has 16 heavy (non-hydrogen) atoms. The Balaban J connectivity index is 2.28. The molecule has 0 fully saturated rings. The van der Waals surface area contributed by atoms with Crippen molar-refractivity contribution in [1.82, 2.24) is 0 Å². The van der Waals surface area contributed by atoms with Crippen LogP contribution in [0.4, 0.5) is 8.78 Å². The molecule has 0 atom stereocenters. The first-order valence-corrected chi connectivity index (χ1v) is 5.56. The highest BCUT2D eigenvalue weighted by Gasteiger charge is 2.17. The van der Waals surface area contributed by atoms with Crippen molar-refractivity contribution < 1.29 is 13.6 Å². The minimum Gasteiger partial charge on any atom is -0.294 e. The molecule has 1 aromatic carbocycles. The molecule has 4 heteroatoms. The molecule has 0 bridgehead atoms. The molecule has 2 aromatic rings. The average Bonchev–Trinajstić information content (AvgIpc) is 2.70. The number of thiophene rings is 1. The van der Waals surface area contributed by atoms with E-state index in [4.69, 9.17) is 0 Å². The van der Waals surface area contributed by atoms with Crippen LogP contribution in [-0.4, -0.2) is 5.78 Å². The van der Waals surface area contributed by atoms with Crippen molar-refractivity contribution in [2.45, 2.75) is 6.42 Å². The number of Topliss-reactive ketones (excluding diaryl/α,β-unsaturated/α-hetero) is 1. The van der Waals surface area contributed by atoms with Gasteiger partial charge in [0.25, 0.3) is 0 Å². The fourth-order valence-corrected chi connectivity index (χ4v) is 2.13. The van der Waals surface area contributed by atoms with Gasteiger partial charge in [-0.25, -0.2) is 8.78 Å². The zero-order valence-corrected chi connectivity index (χ0v) is 9.06. The van der Waals surface area contributed by atoms with E-state index < -0.39 is 23.0 Å². The predicted octanol–water partition coefficient (Wildman–Crippen LogP) is 3.45. The smallest absolute Gasteiger partial charge is 0.173 e. The van der Waals surface area contributed by atoms with Crippen LogP contribution in [0, 0.1) is 11.6 Å². The maximum Gasteiger partial charge on any atom is 0.173 e. The number of benzene rings is 1. The van der Waals surface area contributed by atoms with Gasteiger partial charge in [-0.3, -0.25) is 4.79 Å². The van der Waals surface area contributed by atoms with Gasteiger partial charge in [-0.05, 0) is 23.6 Å². The van der Waals surface area contributed by atoms with Crippen LogP contribution in [-0.2, 0) is 6.42 Å². The summed E-state index contributed by atoms with van der Waals surface area (Å²) < 4.78 is 26.5. The van der Waals surface area contributed by atoms with Crippen molar-refractivity contribution in [1.29, 1.82) is 0 Å². The van der Waals surface area contributed by atoms with Crippen LogP contribution in [0.15, 0.2) is 35.7 Å². The van der Waals surface area contributed by atoms with E-state index in [2.05, 4.69) is 0 Å². The lowest BCUT2D eigenvalue weighted by Crippen LogP contribution is -2.08. The number of halogens is 2. The third-order valence-corrected chi connectivity index (χ3v) is 3.03. The number of hydrogen-bond donors (Lipinski definition) is 0. The van der Waals surface area contributed by atoms with Gasteiger partial charge in [0, 0.05) is 11.3 Å². The monoisotopic (exact) mass is 238 g/mol. The second kappa shape index (κ2) is 4.53. The van der Waals surface area contributed by atoms with E-state index in [0.717, 1.165) is 17.0 Å². The molecule has 1 aromatic heterocycles. The summed E-state index contributed by atoms with van der Waals surface area (Å²) in [6.45, 7) is 0. The van der Waals surface area contributed by atoms with Crippen LogP contribution < -0.4 is 0 Å². The van der Waals surface area contributed by atoms with Gasteiger partial charge in [-0.1, -0.05) is 12.1 Å². The van der Waals surface area contributed by atoms with Crippen LogP contribution in [0.25, 0.3) is 0 Å². The normalized spacial score (nSPS) is 10.4. The number of carbonyl (C=O) groups is 1. The van der Waals surface area contributed by atoms with E-state index in [1.54, 1.807) is 12.1 Å². The van der Waals surface area contributed by atoms with E-state index in [1.807, 2.05) is 5.38 Å². The summed E-state index contributed by atoms with van der Waals surface area (Å²) in [5.74, 6) is -2.14. The molecule has 0 aliphatic rings. The quantitative estimate of drug-likeness (QED) is 0.748. The first-order chi connectivity index (χ1) is 7.68. The first kappa shape index (κ1) is 11.0. The van der Waals surface area contributed by atoms with E-state index in [9.17, 15) is 13.6 Å². The van der Waals surface area contributed by atoms with Gasteiger partial charge in [0.05, 0.1) is 5.56 Å². The number of rotatable bonds is 3. The summed E-state index contributed by atoms with van der Waals surface area (Å²) in [7, 11) is 0. The molecule has 0 unspecified atom stereocenters. The van der Waals surface area contributed by atoms with E-state index in [1.165, 1.54) is 17.4 Å². The molecule has 0 saturated heterocycles. The Morgan fingerprint density at radius 3 is 2.38 bits per heavy atom. The van der Waals surface area contributed by atoms with Gasteiger partial charge in [-0.2, -0.15) is 0 Å². The Hall–Kier alpha value is -1.55. The van der Waals surface area contributed by atoms with Crippen molar-refractivity contribution >= 4 is 17.1 Å². The van der Waals surface area contributed by atoms with Crippen molar-refractivity contribution in [3.8, 4) is 0 Å². The fourth-order valence-electron chi connectivity index (χ4n) is 1.42. The Bertz CT molecular complexity index is 485. The Labute approximate surface area is 95.4 Å². The Morgan fingerprint density at radius 2 is 1.81 bits per heavy atom. The summed E-state index contributed by atoms with van der Waals surface area (Å²) in [4.78, 5) is 12.5. The molecule has 0 saturated carbocycles. The van der Waals surface area contributed by atoms with Crippen molar-refractivity contribution in [3.63, 3.8) is 0 Å². The second-order valence-electron chi connectivity index (χ2n) is 3.28. The molecule has 82 valence electrons. The van der Waals surface area contributed by atoms with Crippen LogP contribution in [0.3, 0.4) is 0 Å². The standard InChI is InChI=1S/C12H8F2OS/c13-9-4-1-5-10(14)12(9)11(15)7-8-3-2-6-16-8/h1-6H,7H2. The summed E-state index contributed by atoms with van der Waals surface area (Å²) in [5.41, 5.74) is -0.448. The lowest BCUT2D eigenvalue weighted by molar-refractivity contribution is 0.0986. The summed E-state index contributed by atoms with van der Waals surface area (Å²) in [5, 5.41) is 1.82. The lowest BCUT2D eigenvalue weighted by Gasteiger charge is -2.02. The van der Waals surface area contributed by atoms with Gasteiger partial charge < -0.3 is 0 Å². The van der Waals surface area contributed by atoms with Crippen molar-refractivity contribution in [2.24, 2.45) is 0 Å². The lowest BCUT2D eigenvalue weighted by atomic mass is 10.1. The van der Waals surface area contributed by atoms with Crippen molar-refractivity contribution in [3.05, 3.63) is 57.8 Å². The maximum absolute atomic E-state index is 13.3. The zero-order chi connectivity index (χ0) is 11.5. The van der Waals surface area contributed by atoms with Gasteiger partial charge in [0.1, 0.15) is 11.6 Å². The molecule has 0 N–H and O–H groups in total. The predicted molar refractivity (Wildman–Crippen MR) is 58.7 cm³/mol. The number of carbonyl (C=O) groups excluding carboxylic acids is 1. The van der Waals surface area contributed by atoms with Gasteiger partial charge in [0.15, 0.2) is 5.78 Å². The average molecular weight is 238 g/mol. The van der Waals surface area contributed by atoms with E-state index in [-0.39, 0.29) is 6.42 Å². The zero-order valence-electron chi connectivity index (χ0n) is 8.24. The highest BCUT2D eigenvalue weighted by Crippen LogP contribution is 2.17. The van der Waals surface area contributed by atoms with Crippen LogP contribution in [0.2, 0.25) is 0 Å². The molecular weight excluding hydrogens is 230 g/mol. The Morgan fingerprint density at radius 1 is 1.12 bits per heavy atom. The van der Waals surface area contributed by atoms with Crippen LogP contribution in [0.1, 0.15) is 15.2 Å². The minimum absolute atomic E-state index is 0.0372. The molecule has 0 aliphatic heterocycles. The van der Waals surface area contributed by atoms with E-state index >= 15 is 0 Å². The highest BCUT2D eigenvalue weighted by molar-refractivity contribution is 7.10. The Kier molecular flexibility index (Phi) is 3.10. The van der Waals surface area contributed by atoms with E-state index in [0.29, 0.717) is 0 Å². The van der Waals surface area contributed by atoms with Gasteiger partial charge in [-0.15, -0.1) is 11.3 Å². The van der Waals surface area contributed by atoms with Crippen LogP contribution >= 0.6 is 11.3 Å². The molecule has 0 radical (unpaired) electrons. The molecule has 0 aliphatic carbocycles. The molecule has 1 heterocycles. The summed E-state index contributed by atoms with van der Waals surface area (Å²) in [6, 6.07) is 6.98. The minimum atomic E-state index is -0.804. The molecule has 0 spiro atoms. The van der Waals surface area contributed by atoms with Crippen molar-refractivity contribution in [2.75, 3.05) is 0 Å². The number of hydrogen-bond acceptors (Lipinski definition) is 2. The topological polar surface area (TPSA) is 17.1 Å². The third-order valence-electron chi connectivity index (χ3n) is 2.16. The number of ketones is 1. The summed E-state index contributed by atoms with van der Waals surface area (Å²) in [6.07, 6.45) is 0.0372. The molecule has 2 rings (SSSR count). The largest absolute Gasteiger partial charge is 0.294 e. The van der Waals surface area contributed by atoms with Gasteiger partial charge >= 0.3 is 0 Å². The summed E-state index contributed by atoms with van der Waals surface area (Å²) >= 11 is 1.39. The SMILES string of the molecule is O=C(Cc1cccs1)c1c(F)cccc1F. The second-order valence-corrected chi connectivity index (χ2v) is 4.31. The molecule has 1 nitrogen and oxygen atoms in total. The first-order valence-electron chi connectivity index (χ1n) is 4.68. The molecule has 0 amide bonds. The fraction of sp³-hybridized carbons (Fsp3) is 0.0833. The van der Waals surface area contributed by atoms with Gasteiger partial charge in [0.2, 0.25) is 0 Å². The maximum atomic E-state index is 13.3. The molecular formula is C12H8F2OS.